The summed E-state index contributed by atoms with van der Waals surface area (Å²) in [6.07, 6.45) is 3.63. The van der Waals surface area contributed by atoms with Gasteiger partial charge in [-0.25, -0.2) is 0 Å². The van der Waals surface area contributed by atoms with Crippen LogP contribution in [-0.4, -0.2) is 17.1 Å². The second-order valence-electron chi connectivity index (χ2n) is 6.25. The largest absolute Gasteiger partial charge is 0.357 e. The number of hydrogen-bond donors (Lipinski definition) is 2. The summed E-state index contributed by atoms with van der Waals surface area (Å²) in [6.45, 7) is 0.684. The summed E-state index contributed by atoms with van der Waals surface area (Å²) >= 11 is 1.77. The fourth-order valence-electron chi connectivity index (χ4n) is 3.30. The highest BCUT2D eigenvalue weighted by Crippen LogP contribution is 2.39. The lowest BCUT2D eigenvalue weighted by Gasteiger charge is -2.11. The third kappa shape index (κ3) is 2.53. The Kier molecular flexibility index (Phi) is 3.47. The third-order valence-electron chi connectivity index (χ3n) is 4.56. The van der Waals surface area contributed by atoms with Crippen molar-refractivity contribution in [1.82, 2.24) is 4.98 Å². The fourth-order valence-corrected chi connectivity index (χ4v) is 4.40. The summed E-state index contributed by atoms with van der Waals surface area (Å²) in [4.78, 5) is 20.9. The van der Waals surface area contributed by atoms with Crippen molar-refractivity contribution in [3.8, 4) is 10.4 Å². The van der Waals surface area contributed by atoms with Crippen LogP contribution in [0.3, 0.4) is 0 Å². The van der Waals surface area contributed by atoms with E-state index in [-0.39, 0.29) is 5.91 Å². The molecular weight excluding hydrogens is 342 g/mol. The Labute approximate surface area is 154 Å². The van der Waals surface area contributed by atoms with Gasteiger partial charge >= 0.3 is 0 Å². The van der Waals surface area contributed by atoms with Crippen LogP contribution in [-0.2, 0) is 6.54 Å². The van der Waals surface area contributed by atoms with E-state index in [0.29, 0.717) is 12.2 Å². The Balaban J connectivity index is 1.59. The number of aromatic nitrogens is 1. The Hall–Kier alpha value is -3.18. The first kappa shape index (κ1) is 15.1. The van der Waals surface area contributed by atoms with E-state index in [1.807, 2.05) is 18.3 Å². The topological polar surface area (TPSA) is 57.2 Å². The maximum absolute atomic E-state index is 12.4. The lowest BCUT2D eigenvalue weighted by molar-refractivity contribution is 0.102. The van der Waals surface area contributed by atoms with E-state index in [1.54, 1.807) is 23.6 Å². The third-order valence-corrected chi connectivity index (χ3v) is 5.71. The summed E-state index contributed by atoms with van der Waals surface area (Å²) in [5.74, 6) is -0.146. The molecule has 26 heavy (non-hydrogen) atoms. The van der Waals surface area contributed by atoms with E-state index in [4.69, 9.17) is 0 Å². The van der Waals surface area contributed by atoms with Crippen LogP contribution in [0.15, 0.2) is 65.8 Å². The predicted molar refractivity (Wildman–Crippen MR) is 107 cm³/mol. The zero-order valence-electron chi connectivity index (χ0n) is 13.8. The first-order chi connectivity index (χ1) is 12.8. The SMILES string of the molecule is O=C(Nc1cc2c(c(-c3cc4ccccc4s3)c1)CN=C2)c1ccc[nH]1. The molecule has 0 spiro atoms. The zero-order valence-corrected chi connectivity index (χ0v) is 14.6. The summed E-state index contributed by atoms with van der Waals surface area (Å²) in [5.41, 5.74) is 4.76. The Morgan fingerprint density at radius 1 is 1.12 bits per heavy atom. The van der Waals surface area contributed by atoms with Crippen LogP contribution in [0.25, 0.3) is 20.5 Å². The van der Waals surface area contributed by atoms with Crippen LogP contribution in [0.1, 0.15) is 21.6 Å². The molecule has 1 aliphatic rings. The first-order valence-corrected chi connectivity index (χ1v) is 9.20. The van der Waals surface area contributed by atoms with E-state index in [0.717, 1.165) is 16.8 Å². The average Bonchev–Trinajstić information content (AvgIpc) is 3.39. The number of amides is 1. The molecule has 4 aromatic rings. The van der Waals surface area contributed by atoms with Crippen molar-refractivity contribution in [3.63, 3.8) is 0 Å². The van der Waals surface area contributed by atoms with Crippen molar-refractivity contribution in [2.24, 2.45) is 4.99 Å². The summed E-state index contributed by atoms with van der Waals surface area (Å²) in [6, 6.07) is 18.2. The molecule has 0 saturated carbocycles. The van der Waals surface area contributed by atoms with Gasteiger partial charge in [-0.05, 0) is 52.9 Å². The average molecular weight is 357 g/mol. The molecular formula is C21H15N3OS. The highest BCUT2D eigenvalue weighted by molar-refractivity contribution is 7.22. The molecule has 3 heterocycles. The molecule has 0 radical (unpaired) electrons. The quantitative estimate of drug-likeness (QED) is 0.528. The van der Waals surface area contributed by atoms with E-state index in [2.05, 4.69) is 51.7 Å². The van der Waals surface area contributed by atoms with E-state index >= 15 is 0 Å². The number of benzene rings is 2. The molecule has 0 fully saturated rings. The number of H-pyrrole nitrogens is 1. The normalized spacial score (nSPS) is 12.5. The van der Waals surface area contributed by atoms with Gasteiger partial charge in [-0.1, -0.05) is 18.2 Å². The van der Waals surface area contributed by atoms with Gasteiger partial charge < -0.3 is 10.3 Å². The van der Waals surface area contributed by atoms with E-state index in [9.17, 15) is 4.79 Å². The van der Waals surface area contributed by atoms with E-state index < -0.39 is 0 Å². The fraction of sp³-hybridized carbons (Fsp3) is 0.0476. The van der Waals surface area contributed by atoms with Gasteiger partial charge in [-0.15, -0.1) is 11.3 Å². The van der Waals surface area contributed by atoms with Gasteiger partial charge in [0.25, 0.3) is 5.91 Å². The van der Waals surface area contributed by atoms with Crippen LogP contribution < -0.4 is 5.32 Å². The van der Waals surface area contributed by atoms with Gasteiger partial charge in [0.1, 0.15) is 5.69 Å². The van der Waals surface area contributed by atoms with Crippen LogP contribution in [0.4, 0.5) is 5.69 Å². The number of aromatic amines is 1. The Bertz CT molecular complexity index is 1120. The smallest absolute Gasteiger partial charge is 0.272 e. The van der Waals surface area contributed by atoms with Crippen molar-refractivity contribution in [1.29, 1.82) is 0 Å². The monoisotopic (exact) mass is 357 g/mol. The molecule has 1 amide bonds. The number of hydrogen-bond acceptors (Lipinski definition) is 3. The zero-order chi connectivity index (χ0) is 17.5. The van der Waals surface area contributed by atoms with Crippen molar-refractivity contribution in [3.05, 3.63) is 77.6 Å². The summed E-state index contributed by atoms with van der Waals surface area (Å²) in [7, 11) is 0. The minimum atomic E-state index is -0.146. The predicted octanol–water partition coefficient (Wildman–Crippen LogP) is 5.08. The molecule has 5 rings (SSSR count). The molecule has 0 aliphatic carbocycles. The second-order valence-corrected chi connectivity index (χ2v) is 7.33. The molecule has 4 nitrogen and oxygen atoms in total. The van der Waals surface area contributed by atoms with Gasteiger partial charge in [-0.2, -0.15) is 0 Å². The number of anilines is 1. The number of fused-ring (bicyclic) bond motifs is 2. The lowest BCUT2D eigenvalue weighted by atomic mass is 10.0. The van der Waals surface area contributed by atoms with Crippen LogP contribution in [0.2, 0.25) is 0 Å². The van der Waals surface area contributed by atoms with Crippen LogP contribution in [0.5, 0.6) is 0 Å². The number of aliphatic imine (C=N–C) groups is 1. The highest BCUT2D eigenvalue weighted by atomic mass is 32.1. The number of thiophene rings is 1. The number of nitrogens with one attached hydrogen (secondary N) is 2. The minimum absolute atomic E-state index is 0.146. The maximum Gasteiger partial charge on any atom is 0.272 e. The molecule has 1 aliphatic heterocycles. The van der Waals surface area contributed by atoms with Crippen molar-refractivity contribution in [2.45, 2.75) is 6.54 Å². The van der Waals surface area contributed by atoms with Crippen LogP contribution >= 0.6 is 11.3 Å². The number of carbonyl (C=O) groups is 1. The number of nitrogens with zero attached hydrogens (tertiary/aromatic N) is 1. The molecule has 0 bridgehead atoms. The maximum atomic E-state index is 12.4. The summed E-state index contributed by atoms with van der Waals surface area (Å²) in [5, 5.41) is 4.23. The van der Waals surface area contributed by atoms with Gasteiger partial charge in [0, 0.05) is 33.2 Å². The molecule has 2 aromatic carbocycles. The molecule has 0 atom stereocenters. The lowest BCUT2D eigenvalue weighted by Crippen LogP contribution is -2.12. The molecule has 2 N–H and O–H groups in total. The molecule has 126 valence electrons. The standard InChI is InChI=1S/C21H15N3OS/c25-21(18-5-3-7-23-18)24-15-8-14-11-22-12-17(14)16(10-15)20-9-13-4-1-2-6-19(13)26-20/h1-11,23H,12H2,(H,24,25). The van der Waals surface area contributed by atoms with Gasteiger partial charge in [0.05, 0.1) is 6.54 Å². The molecule has 0 saturated heterocycles. The minimum Gasteiger partial charge on any atom is -0.357 e. The Morgan fingerprint density at radius 2 is 2.04 bits per heavy atom. The van der Waals surface area contributed by atoms with Gasteiger partial charge in [0.2, 0.25) is 0 Å². The second kappa shape index (κ2) is 5.97. The molecule has 5 heteroatoms. The van der Waals surface area contributed by atoms with Gasteiger partial charge in [-0.3, -0.25) is 9.79 Å². The van der Waals surface area contributed by atoms with E-state index in [1.165, 1.54) is 20.5 Å². The first-order valence-electron chi connectivity index (χ1n) is 8.38. The molecule has 0 unspecified atom stereocenters. The van der Waals surface area contributed by atoms with Gasteiger partial charge in [0.15, 0.2) is 0 Å². The van der Waals surface area contributed by atoms with Crippen LogP contribution in [0, 0.1) is 0 Å². The Morgan fingerprint density at radius 3 is 2.88 bits per heavy atom. The van der Waals surface area contributed by atoms with Crippen molar-refractivity contribution < 1.29 is 4.79 Å². The molecule has 2 aromatic heterocycles. The van der Waals surface area contributed by atoms with Crippen molar-refractivity contribution >= 4 is 39.2 Å². The number of carbonyl (C=O) groups excluding carboxylic acids is 1. The number of rotatable bonds is 3. The summed E-state index contributed by atoms with van der Waals surface area (Å²) < 4.78 is 1.26. The highest BCUT2D eigenvalue weighted by Gasteiger charge is 2.18. The van der Waals surface area contributed by atoms with Crippen molar-refractivity contribution in [2.75, 3.05) is 5.32 Å².